The van der Waals surface area contributed by atoms with Gasteiger partial charge < -0.3 is 14.8 Å². The van der Waals surface area contributed by atoms with E-state index < -0.39 is 0 Å². The van der Waals surface area contributed by atoms with Crippen LogP contribution in [0.4, 0.5) is 4.79 Å². The van der Waals surface area contributed by atoms with Crippen LogP contribution >= 0.6 is 0 Å². The molecule has 1 amide bonds. The molecule has 2 rings (SSSR count). The van der Waals surface area contributed by atoms with E-state index in [4.69, 9.17) is 9.47 Å². The highest BCUT2D eigenvalue weighted by atomic mass is 16.6. The number of benzene rings is 1. The third-order valence-corrected chi connectivity index (χ3v) is 2.92. The Bertz CT molecular complexity index is 380. The summed E-state index contributed by atoms with van der Waals surface area (Å²) in [5.41, 5.74) is 0.985. The minimum Gasteiger partial charge on any atom is -0.445 e. The van der Waals surface area contributed by atoms with Gasteiger partial charge in [-0.25, -0.2) is 4.79 Å². The smallest absolute Gasteiger partial charge is 0.407 e. The van der Waals surface area contributed by atoms with E-state index in [1.54, 1.807) is 0 Å². The van der Waals surface area contributed by atoms with Gasteiger partial charge in [0.25, 0.3) is 0 Å². The Hall–Kier alpha value is -1.55. The van der Waals surface area contributed by atoms with Gasteiger partial charge in [-0.1, -0.05) is 43.7 Å². The van der Waals surface area contributed by atoms with Gasteiger partial charge in [0.1, 0.15) is 12.7 Å². The molecule has 1 N–H and O–H groups in total. The van der Waals surface area contributed by atoms with Crippen LogP contribution in [0.1, 0.15) is 25.3 Å². The van der Waals surface area contributed by atoms with E-state index in [1.165, 1.54) is 0 Å². The highest BCUT2D eigenvalue weighted by Crippen LogP contribution is 2.25. The SMILES string of the molecule is CCCC1OC1CNC(=O)OCc1ccccc1. The zero-order valence-electron chi connectivity index (χ0n) is 10.6. The molecule has 0 spiro atoms. The molecule has 4 nitrogen and oxygen atoms in total. The first-order valence-corrected chi connectivity index (χ1v) is 6.39. The number of ether oxygens (including phenoxy) is 2. The van der Waals surface area contributed by atoms with Crippen molar-refractivity contribution < 1.29 is 14.3 Å². The number of rotatable bonds is 6. The lowest BCUT2D eigenvalue weighted by molar-refractivity contribution is 0.139. The predicted octanol–water partition coefficient (Wildman–Crippen LogP) is 2.48. The van der Waals surface area contributed by atoms with Gasteiger partial charge in [-0.05, 0) is 12.0 Å². The number of hydrogen-bond acceptors (Lipinski definition) is 3. The molecule has 1 aromatic carbocycles. The molecule has 98 valence electrons. The molecule has 1 aliphatic heterocycles. The average molecular weight is 249 g/mol. The van der Waals surface area contributed by atoms with Gasteiger partial charge in [0, 0.05) is 6.54 Å². The van der Waals surface area contributed by atoms with Gasteiger partial charge >= 0.3 is 6.09 Å². The van der Waals surface area contributed by atoms with E-state index in [1.807, 2.05) is 30.3 Å². The van der Waals surface area contributed by atoms with Crippen LogP contribution in [-0.2, 0) is 16.1 Å². The summed E-state index contributed by atoms with van der Waals surface area (Å²) >= 11 is 0. The van der Waals surface area contributed by atoms with Crippen LogP contribution in [0.3, 0.4) is 0 Å². The summed E-state index contributed by atoms with van der Waals surface area (Å²) in [4.78, 5) is 11.4. The van der Waals surface area contributed by atoms with Crippen molar-refractivity contribution in [3.8, 4) is 0 Å². The standard InChI is InChI=1S/C14H19NO3/c1-2-6-12-13(18-12)9-15-14(16)17-10-11-7-4-3-5-8-11/h3-5,7-8,12-13H,2,6,9-10H2,1H3,(H,15,16). The number of epoxide rings is 1. The van der Waals surface area contributed by atoms with E-state index in [9.17, 15) is 4.79 Å². The van der Waals surface area contributed by atoms with Crippen LogP contribution in [-0.4, -0.2) is 24.8 Å². The maximum atomic E-state index is 11.4. The summed E-state index contributed by atoms with van der Waals surface area (Å²) in [5.74, 6) is 0. The molecule has 4 heteroatoms. The molecule has 1 aliphatic rings. The first kappa shape index (κ1) is 12.9. The first-order valence-electron chi connectivity index (χ1n) is 6.39. The summed E-state index contributed by atoms with van der Waals surface area (Å²) in [6, 6.07) is 9.62. The van der Waals surface area contributed by atoms with Crippen LogP contribution in [0.5, 0.6) is 0 Å². The third-order valence-electron chi connectivity index (χ3n) is 2.92. The molecule has 1 heterocycles. The van der Waals surface area contributed by atoms with E-state index in [0.717, 1.165) is 18.4 Å². The summed E-state index contributed by atoms with van der Waals surface area (Å²) in [7, 11) is 0. The number of carbonyl (C=O) groups is 1. The second-order valence-electron chi connectivity index (χ2n) is 4.44. The van der Waals surface area contributed by atoms with Crippen LogP contribution in [0, 0.1) is 0 Å². The fourth-order valence-electron chi connectivity index (χ4n) is 1.86. The Kier molecular flexibility index (Phi) is 4.59. The quantitative estimate of drug-likeness (QED) is 0.788. The van der Waals surface area contributed by atoms with Gasteiger partial charge in [0.05, 0.1) is 6.10 Å². The van der Waals surface area contributed by atoms with Crippen molar-refractivity contribution in [2.45, 2.75) is 38.6 Å². The number of amides is 1. The largest absolute Gasteiger partial charge is 0.445 e. The fraction of sp³-hybridized carbons (Fsp3) is 0.500. The second kappa shape index (κ2) is 6.40. The van der Waals surface area contributed by atoms with Crippen molar-refractivity contribution >= 4 is 6.09 Å². The molecular formula is C14H19NO3. The van der Waals surface area contributed by atoms with E-state index >= 15 is 0 Å². The van der Waals surface area contributed by atoms with Crippen molar-refractivity contribution in [1.82, 2.24) is 5.32 Å². The molecule has 0 aromatic heterocycles. The Morgan fingerprint density at radius 3 is 2.83 bits per heavy atom. The number of carbonyl (C=O) groups excluding carboxylic acids is 1. The second-order valence-corrected chi connectivity index (χ2v) is 4.44. The zero-order chi connectivity index (χ0) is 12.8. The normalized spacial score (nSPS) is 21.4. The minimum absolute atomic E-state index is 0.175. The van der Waals surface area contributed by atoms with Crippen molar-refractivity contribution in [1.29, 1.82) is 0 Å². The Balaban J connectivity index is 1.59. The van der Waals surface area contributed by atoms with E-state index in [2.05, 4.69) is 12.2 Å². The summed E-state index contributed by atoms with van der Waals surface area (Å²) < 4.78 is 10.5. The molecule has 0 saturated carbocycles. The van der Waals surface area contributed by atoms with Crippen LogP contribution < -0.4 is 5.32 Å². The van der Waals surface area contributed by atoms with Crippen molar-refractivity contribution in [3.05, 3.63) is 35.9 Å². The summed E-state index contributed by atoms with van der Waals surface area (Å²) in [5, 5.41) is 2.72. The lowest BCUT2D eigenvalue weighted by Crippen LogP contribution is -2.28. The lowest BCUT2D eigenvalue weighted by Gasteiger charge is -2.05. The zero-order valence-corrected chi connectivity index (χ0v) is 10.6. The maximum absolute atomic E-state index is 11.4. The van der Waals surface area contributed by atoms with Gasteiger partial charge in [0.2, 0.25) is 0 Å². The summed E-state index contributed by atoms with van der Waals surface area (Å²) in [6.45, 7) is 2.97. The average Bonchev–Trinajstić information content (AvgIpc) is 3.14. The molecule has 18 heavy (non-hydrogen) atoms. The van der Waals surface area contributed by atoms with Crippen LogP contribution in [0.25, 0.3) is 0 Å². The van der Waals surface area contributed by atoms with Gasteiger partial charge in [0.15, 0.2) is 0 Å². The highest BCUT2D eigenvalue weighted by molar-refractivity contribution is 5.67. The predicted molar refractivity (Wildman–Crippen MR) is 68.2 cm³/mol. The number of hydrogen-bond donors (Lipinski definition) is 1. The highest BCUT2D eigenvalue weighted by Gasteiger charge is 2.37. The Morgan fingerprint density at radius 1 is 1.33 bits per heavy atom. The molecule has 2 unspecified atom stereocenters. The lowest BCUT2D eigenvalue weighted by atomic mass is 10.2. The van der Waals surface area contributed by atoms with E-state index in [-0.39, 0.29) is 12.2 Å². The van der Waals surface area contributed by atoms with Crippen molar-refractivity contribution in [2.24, 2.45) is 0 Å². The van der Waals surface area contributed by atoms with Crippen LogP contribution in [0.2, 0.25) is 0 Å². The van der Waals surface area contributed by atoms with Gasteiger partial charge in [-0.3, -0.25) is 0 Å². The Labute approximate surface area is 107 Å². The van der Waals surface area contributed by atoms with Crippen molar-refractivity contribution in [3.63, 3.8) is 0 Å². The molecule has 1 saturated heterocycles. The monoisotopic (exact) mass is 249 g/mol. The Morgan fingerprint density at radius 2 is 2.11 bits per heavy atom. The molecule has 1 fully saturated rings. The number of nitrogens with one attached hydrogen (secondary N) is 1. The molecule has 1 aromatic rings. The molecular weight excluding hydrogens is 230 g/mol. The summed E-state index contributed by atoms with van der Waals surface area (Å²) in [6.07, 6.45) is 2.29. The van der Waals surface area contributed by atoms with Crippen molar-refractivity contribution in [2.75, 3.05) is 6.54 Å². The number of alkyl carbamates (subject to hydrolysis) is 1. The fourth-order valence-corrected chi connectivity index (χ4v) is 1.86. The third kappa shape index (κ3) is 4.04. The topological polar surface area (TPSA) is 50.9 Å². The molecule has 0 radical (unpaired) electrons. The van der Waals surface area contributed by atoms with Crippen LogP contribution in [0.15, 0.2) is 30.3 Å². The molecule has 2 atom stereocenters. The first-order chi connectivity index (χ1) is 8.79. The maximum Gasteiger partial charge on any atom is 0.407 e. The van der Waals surface area contributed by atoms with E-state index in [0.29, 0.717) is 19.3 Å². The molecule has 0 aliphatic carbocycles. The van der Waals surface area contributed by atoms with Gasteiger partial charge in [-0.2, -0.15) is 0 Å². The van der Waals surface area contributed by atoms with Gasteiger partial charge in [-0.15, -0.1) is 0 Å². The minimum atomic E-state index is -0.385. The molecule has 0 bridgehead atoms.